The second kappa shape index (κ2) is 18.2. The minimum atomic E-state index is -0.661. The van der Waals surface area contributed by atoms with Crippen LogP contribution in [-0.2, 0) is 44.3 Å². The first-order chi connectivity index (χ1) is 27.8. The molecule has 56 heavy (non-hydrogen) atoms. The number of nitrogens with zero attached hydrogens (tertiary/aromatic N) is 2. The van der Waals surface area contributed by atoms with Gasteiger partial charge in [-0.25, -0.2) is 4.98 Å². The summed E-state index contributed by atoms with van der Waals surface area (Å²) in [5, 5.41) is 0. The van der Waals surface area contributed by atoms with Gasteiger partial charge in [-0.1, -0.05) is 188 Å². The molecule has 0 aliphatic carbocycles. The molecule has 6 nitrogen and oxygen atoms in total. The van der Waals surface area contributed by atoms with Crippen molar-refractivity contribution >= 4 is 6.08 Å². The minimum Gasteiger partial charge on any atom is -0.374 e. The summed E-state index contributed by atoms with van der Waals surface area (Å²) in [6.45, 7) is 1.68. The van der Waals surface area contributed by atoms with Crippen LogP contribution in [0.1, 0.15) is 39.1 Å². The summed E-state index contributed by atoms with van der Waals surface area (Å²) in [6.07, 6.45) is 6.57. The molecule has 1 aliphatic rings. The molecule has 0 N–H and O–H groups in total. The molecule has 0 spiro atoms. The number of hydrogen-bond donors (Lipinski definition) is 0. The summed E-state index contributed by atoms with van der Waals surface area (Å²) in [5.41, 5.74) is 6.81. The van der Waals surface area contributed by atoms with Gasteiger partial charge in [0.25, 0.3) is 0 Å². The molecule has 8 rings (SSSR count). The molecule has 1 saturated heterocycles. The third-order valence-corrected chi connectivity index (χ3v) is 10.3. The molecule has 0 amide bonds. The molecule has 280 valence electrons. The molecule has 1 aromatic heterocycles. The minimum absolute atomic E-state index is 0.353. The van der Waals surface area contributed by atoms with E-state index in [9.17, 15) is 0 Å². The predicted molar refractivity (Wildman–Crippen MR) is 221 cm³/mol. The van der Waals surface area contributed by atoms with Gasteiger partial charge in [0.15, 0.2) is 0 Å². The van der Waals surface area contributed by atoms with Crippen molar-refractivity contribution in [3.63, 3.8) is 0 Å². The number of hydrogen-bond acceptors (Lipinski definition) is 5. The highest BCUT2D eigenvalue weighted by molar-refractivity contribution is 5.52. The zero-order chi connectivity index (χ0) is 37.8. The van der Waals surface area contributed by atoms with Gasteiger partial charge in [-0.2, -0.15) is 0 Å². The van der Waals surface area contributed by atoms with E-state index in [1.165, 1.54) is 0 Å². The van der Waals surface area contributed by atoms with Crippen LogP contribution in [0.5, 0.6) is 0 Å². The maximum Gasteiger partial charge on any atom is 0.121 e. The summed E-state index contributed by atoms with van der Waals surface area (Å²) in [4.78, 5) is 4.96. The Kier molecular flexibility index (Phi) is 12.0. The Hall–Kier alpha value is -5.89. The molecule has 2 heterocycles. The summed E-state index contributed by atoms with van der Waals surface area (Å²) in [7, 11) is 0. The van der Waals surface area contributed by atoms with E-state index in [-0.39, 0.29) is 12.2 Å². The lowest BCUT2D eigenvalue weighted by atomic mass is 9.77. The summed E-state index contributed by atoms with van der Waals surface area (Å²) in [5.74, 6) is 0. The normalized spacial score (nSPS) is 18.4. The van der Waals surface area contributed by atoms with Crippen molar-refractivity contribution in [3.05, 3.63) is 240 Å². The third kappa shape index (κ3) is 8.50. The van der Waals surface area contributed by atoms with Crippen LogP contribution in [0.2, 0.25) is 0 Å². The third-order valence-electron chi connectivity index (χ3n) is 10.3. The Morgan fingerprint density at radius 3 is 1.45 bits per heavy atom. The lowest BCUT2D eigenvalue weighted by Crippen LogP contribution is -2.38. The molecule has 6 aromatic carbocycles. The first kappa shape index (κ1) is 37.1. The van der Waals surface area contributed by atoms with Crippen molar-refractivity contribution in [1.82, 2.24) is 9.55 Å². The van der Waals surface area contributed by atoms with Crippen molar-refractivity contribution in [1.29, 1.82) is 0 Å². The standard InChI is InChI=1S/C50H46N2O4/c1-7-19-39(20-8-1)34-53-37-47-49(55-36-41-23-11-3-12-24-41)48(54-35-40-21-9-2-10-22-40)46(56-47)32-31-45-33-52(38-51-45)50(42-25-13-4-14-26-42,43-27-15-5-16-28-43)44-29-17-6-18-30-44/h1-33,38,46-49H,34-37H2/b32-31+/t46-,47+,48-,49+/m0/s1. The average Bonchev–Trinajstić information content (AvgIpc) is 3.88. The lowest BCUT2D eigenvalue weighted by molar-refractivity contribution is -0.0896. The maximum atomic E-state index is 6.81. The van der Waals surface area contributed by atoms with Crippen LogP contribution in [0.3, 0.4) is 0 Å². The van der Waals surface area contributed by atoms with Crippen LogP contribution in [-0.4, -0.2) is 40.6 Å². The van der Waals surface area contributed by atoms with E-state index in [4.69, 9.17) is 23.9 Å². The van der Waals surface area contributed by atoms with Crippen LogP contribution in [0, 0.1) is 0 Å². The monoisotopic (exact) mass is 738 g/mol. The fourth-order valence-corrected chi connectivity index (χ4v) is 7.62. The molecule has 0 radical (unpaired) electrons. The van der Waals surface area contributed by atoms with E-state index in [0.29, 0.717) is 26.4 Å². The fraction of sp³-hybridized carbons (Fsp3) is 0.180. The van der Waals surface area contributed by atoms with Crippen LogP contribution in [0.15, 0.2) is 201 Å². The highest BCUT2D eigenvalue weighted by Crippen LogP contribution is 2.41. The lowest BCUT2D eigenvalue weighted by Gasteiger charge is -2.37. The Morgan fingerprint density at radius 1 is 0.536 bits per heavy atom. The van der Waals surface area contributed by atoms with Crippen LogP contribution in [0.25, 0.3) is 6.08 Å². The van der Waals surface area contributed by atoms with E-state index < -0.39 is 17.7 Å². The smallest absolute Gasteiger partial charge is 0.121 e. The van der Waals surface area contributed by atoms with E-state index in [0.717, 1.165) is 39.1 Å². The molecule has 6 heteroatoms. The average molecular weight is 739 g/mol. The second-order valence-corrected chi connectivity index (χ2v) is 14.0. The maximum absolute atomic E-state index is 6.81. The number of aromatic nitrogens is 2. The van der Waals surface area contributed by atoms with Crippen molar-refractivity contribution < 1.29 is 18.9 Å². The van der Waals surface area contributed by atoms with Crippen LogP contribution >= 0.6 is 0 Å². The Balaban J connectivity index is 1.12. The van der Waals surface area contributed by atoms with Gasteiger partial charge in [0, 0.05) is 6.20 Å². The number of rotatable bonds is 16. The highest BCUT2D eigenvalue weighted by Gasteiger charge is 2.45. The molecular formula is C50H46N2O4. The zero-order valence-corrected chi connectivity index (χ0v) is 31.3. The zero-order valence-electron chi connectivity index (χ0n) is 31.3. The van der Waals surface area contributed by atoms with E-state index in [1.54, 1.807) is 0 Å². The fourth-order valence-electron chi connectivity index (χ4n) is 7.62. The van der Waals surface area contributed by atoms with Gasteiger partial charge in [0.1, 0.15) is 30.0 Å². The van der Waals surface area contributed by atoms with Gasteiger partial charge in [-0.15, -0.1) is 0 Å². The summed E-state index contributed by atoms with van der Waals surface area (Å²) < 4.78 is 28.7. The molecular weight excluding hydrogens is 693 g/mol. The van der Waals surface area contributed by atoms with Crippen molar-refractivity contribution in [2.24, 2.45) is 0 Å². The molecule has 0 unspecified atom stereocenters. The van der Waals surface area contributed by atoms with E-state index in [1.807, 2.05) is 67.0 Å². The predicted octanol–water partition coefficient (Wildman–Crippen LogP) is 9.89. The summed E-state index contributed by atoms with van der Waals surface area (Å²) in [6, 6.07) is 62.5. The molecule has 4 atom stereocenters. The van der Waals surface area contributed by atoms with Crippen LogP contribution in [0.4, 0.5) is 0 Å². The van der Waals surface area contributed by atoms with Gasteiger partial charge < -0.3 is 23.5 Å². The van der Waals surface area contributed by atoms with Crippen LogP contribution < -0.4 is 0 Å². The topological polar surface area (TPSA) is 54.7 Å². The quantitative estimate of drug-likeness (QED) is 0.0925. The van der Waals surface area contributed by atoms with Crippen molar-refractivity contribution in [2.75, 3.05) is 6.61 Å². The van der Waals surface area contributed by atoms with Gasteiger partial charge in [0.2, 0.25) is 0 Å². The number of benzene rings is 6. The Bertz CT molecular complexity index is 2130. The number of ether oxygens (including phenoxy) is 4. The first-order valence-corrected chi connectivity index (χ1v) is 19.2. The molecule has 0 saturated carbocycles. The molecule has 1 aliphatic heterocycles. The molecule has 0 bridgehead atoms. The van der Waals surface area contributed by atoms with E-state index in [2.05, 4.69) is 144 Å². The number of imidazole rings is 1. The van der Waals surface area contributed by atoms with Crippen molar-refractivity contribution in [3.8, 4) is 0 Å². The van der Waals surface area contributed by atoms with Gasteiger partial charge in [0.05, 0.1) is 38.4 Å². The summed E-state index contributed by atoms with van der Waals surface area (Å²) >= 11 is 0. The SMILES string of the molecule is C(=C\[C@@H]1O[C@H](COCc2ccccc2)[C@@H](OCc2ccccc2)[C@H]1OCc1ccccc1)/c1cn(C(c2ccccc2)(c2ccccc2)c2ccccc2)cn1. The van der Waals surface area contributed by atoms with Gasteiger partial charge in [-0.05, 0) is 39.5 Å². The second-order valence-electron chi connectivity index (χ2n) is 14.0. The van der Waals surface area contributed by atoms with Gasteiger partial charge >= 0.3 is 0 Å². The Morgan fingerprint density at radius 2 is 0.964 bits per heavy atom. The largest absolute Gasteiger partial charge is 0.374 e. The first-order valence-electron chi connectivity index (χ1n) is 19.2. The Labute approximate surface area is 329 Å². The highest BCUT2D eigenvalue weighted by atomic mass is 16.6. The van der Waals surface area contributed by atoms with Crippen molar-refractivity contribution in [2.45, 2.75) is 49.8 Å². The van der Waals surface area contributed by atoms with Gasteiger partial charge in [-0.3, -0.25) is 0 Å². The van der Waals surface area contributed by atoms with E-state index >= 15 is 0 Å². The molecule has 7 aromatic rings. The molecule has 1 fully saturated rings.